The number of ether oxygens (including phenoxy) is 1. The van der Waals surface area contributed by atoms with Crippen LogP contribution in [0.25, 0.3) is 5.69 Å². The first-order valence-corrected chi connectivity index (χ1v) is 9.26. The maximum atomic E-state index is 12.0. The number of esters is 1. The highest BCUT2D eigenvalue weighted by atomic mass is 79.9. The van der Waals surface area contributed by atoms with E-state index in [2.05, 4.69) is 31.9 Å². The second-order valence-electron chi connectivity index (χ2n) is 4.56. The second kappa shape index (κ2) is 6.56. The van der Waals surface area contributed by atoms with E-state index in [9.17, 15) is 13.2 Å². The van der Waals surface area contributed by atoms with E-state index in [0.717, 1.165) is 0 Å². The van der Waals surface area contributed by atoms with Crippen molar-refractivity contribution in [3.05, 3.63) is 38.5 Å². The van der Waals surface area contributed by atoms with E-state index >= 15 is 0 Å². The van der Waals surface area contributed by atoms with Crippen molar-refractivity contribution in [2.45, 2.75) is 4.90 Å². The fourth-order valence-corrected chi connectivity index (χ4v) is 4.46. The Bertz CT molecular complexity index is 969. The van der Waals surface area contributed by atoms with Gasteiger partial charge >= 0.3 is 5.97 Å². The van der Waals surface area contributed by atoms with Crippen LogP contribution in [0.3, 0.4) is 0 Å². The standard InChI is InChI=1S/C13H10Br2N4O4S/c1-23-13(20)12-10(17)6(4-16)5-19(12)11-8(14)2-7(3-9(11)15)24(18,21)22/h2-3,5H,17H2,1H3,(H2,18,21,22). The third-order valence-corrected chi connectivity index (χ3v) is 5.21. The molecular weight excluding hydrogens is 468 g/mol. The highest BCUT2D eigenvalue weighted by Crippen LogP contribution is 2.35. The summed E-state index contributed by atoms with van der Waals surface area (Å²) in [5.74, 6) is -0.747. The summed E-state index contributed by atoms with van der Waals surface area (Å²) in [6, 6.07) is 4.43. The van der Waals surface area contributed by atoms with Crippen molar-refractivity contribution >= 4 is 53.5 Å². The van der Waals surface area contributed by atoms with Gasteiger partial charge in [0.1, 0.15) is 6.07 Å². The lowest BCUT2D eigenvalue weighted by molar-refractivity contribution is 0.0593. The van der Waals surface area contributed by atoms with E-state index in [4.69, 9.17) is 20.9 Å². The van der Waals surface area contributed by atoms with Crippen molar-refractivity contribution in [3.8, 4) is 11.8 Å². The molecule has 4 N–H and O–H groups in total. The molecule has 0 bridgehead atoms. The molecule has 0 amide bonds. The van der Waals surface area contributed by atoms with Crippen LogP contribution in [0.1, 0.15) is 16.1 Å². The number of halogens is 2. The Morgan fingerprint density at radius 2 is 1.88 bits per heavy atom. The Morgan fingerprint density at radius 3 is 2.29 bits per heavy atom. The zero-order chi connectivity index (χ0) is 18.2. The molecule has 0 aliphatic carbocycles. The van der Waals surface area contributed by atoms with E-state index in [1.807, 2.05) is 6.07 Å². The smallest absolute Gasteiger partial charge is 0.357 e. The van der Waals surface area contributed by atoms with Crippen LogP contribution in [-0.4, -0.2) is 26.1 Å². The molecule has 11 heteroatoms. The Balaban J connectivity index is 2.83. The number of nitriles is 1. The van der Waals surface area contributed by atoms with Crippen LogP contribution >= 0.6 is 31.9 Å². The van der Waals surface area contributed by atoms with Crippen LogP contribution in [0.4, 0.5) is 5.69 Å². The predicted octanol–water partition coefficient (Wildman–Crippen LogP) is 1.89. The average Bonchev–Trinajstić information content (AvgIpc) is 2.81. The van der Waals surface area contributed by atoms with Gasteiger partial charge in [-0.15, -0.1) is 0 Å². The number of nitrogens with two attached hydrogens (primary N) is 2. The monoisotopic (exact) mass is 476 g/mol. The summed E-state index contributed by atoms with van der Waals surface area (Å²) >= 11 is 6.48. The first-order valence-electron chi connectivity index (χ1n) is 6.13. The largest absolute Gasteiger partial charge is 0.464 e. The van der Waals surface area contributed by atoms with Crippen molar-refractivity contribution in [2.75, 3.05) is 12.8 Å². The molecule has 1 aromatic carbocycles. The Kier molecular flexibility index (Phi) is 5.05. The van der Waals surface area contributed by atoms with Crippen LogP contribution in [0, 0.1) is 11.3 Å². The van der Waals surface area contributed by atoms with E-state index in [-0.39, 0.29) is 21.8 Å². The molecule has 0 radical (unpaired) electrons. The minimum absolute atomic E-state index is 0.0429. The quantitative estimate of drug-likeness (QED) is 0.646. The van der Waals surface area contributed by atoms with Crippen LogP contribution in [0.5, 0.6) is 0 Å². The molecule has 2 aromatic rings. The van der Waals surface area contributed by atoms with Gasteiger partial charge in [0.25, 0.3) is 0 Å². The summed E-state index contributed by atoms with van der Waals surface area (Å²) in [7, 11) is -2.74. The number of sulfonamides is 1. The first kappa shape index (κ1) is 18.5. The number of methoxy groups -OCH3 is 1. The molecule has 0 saturated carbocycles. The number of hydrogen-bond acceptors (Lipinski definition) is 6. The molecule has 0 aliphatic rings. The minimum atomic E-state index is -3.92. The van der Waals surface area contributed by atoms with Gasteiger partial charge in [0.05, 0.1) is 28.9 Å². The van der Waals surface area contributed by atoms with E-state index in [1.54, 1.807) is 0 Å². The minimum Gasteiger partial charge on any atom is -0.464 e. The fourth-order valence-electron chi connectivity index (χ4n) is 2.03. The van der Waals surface area contributed by atoms with Crippen LogP contribution in [0.2, 0.25) is 0 Å². The number of primary sulfonamides is 1. The SMILES string of the molecule is COC(=O)c1c(N)c(C#N)cn1-c1c(Br)cc(S(N)(=O)=O)cc1Br. The molecule has 126 valence electrons. The number of benzene rings is 1. The first-order chi connectivity index (χ1) is 11.1. The Labute approximate surface area is 154 Å². The highest BCUT2D eigenvalue weighted by molar-refractivity contribution is 9.11. The Hall–Kier alpha value is -1.87. The van der Waals surface area contributed by atoms with E-state index in [1.165, 1.54) is 30.0 Å². The molecule has 24 heavy (non-hydrogen) atoms. The molecule has 1 aromatic heterocycles. The number of nitrogen functional groups attached to an aromatic ring is 1. The maximum absolute atomic E-state index is 12.0. The molecule has 0 aliphatic heterocycles. The van der Waals surface area contributed by atoms with Gasteiger partial charge in [-0.25, -0.2) is 18.4 Å². The van der Waals surface area contributed by atoms with Crippen molar-refractivity contribution < 1.29 is 17.9 Å². The molecule has 0 spiro atoms. The van der Waals surface area contributed by atoms with Gasteiger partial charge in [-0.2, -0.15) is 5.26 Å². The summed E-state index contributed by atoms with van der Waals surface area (Å²) in [6.45, 7) is 0. The number of nitrogens with zero attached hydrogens (tertiary/aromatic N) is 2. The molecule has 8 nitrogen and oxygen atoms in total. The van der Waals surface area contributed by atoms with Crippen molar-refractivity contribution in [2.24, 2.45) is 5.14 Å². The van der Waals surface area contributed by atoms with Crippen LogP contribution < -0.4 is 10.9 Å². The predicted molar refractivity (Wildman–Crippen MR) is 93.0 cm³/mol. The number of anilines is 1. The van der Waals surface area contributed by atoms with Crippen molar-refractivity contribution in [1.29, 1.82) is 5.26 Å². The lowest BCUT2D eigenvalue weighted by Gasteiger charge is -2.13. The van der Waals surface area contributed by atoms with Gasteiger partial charge in [-0.3, -0.25) is 0 Å². The van der Waals surface area contributed by atoms with Crippen molar-refractivity contribution in [3.63, 3.8) is 0 Å². The third-order valence-electron chi connectivity index (χ3n) is 3.10. The van der Waals surface area contributed by atoms with Crippen LogP contribution in [0.15, 0.2) is 32.2 Å². The number of rotatable bonds is 3. The summed E-state index contributed by atoms with van der Waals surface area (Å²) in [4.78, 5) is 11.9. The number of carbonyl (C=O) groups is 1. The second-order valence-corrected chi connectivity index (χ2v) is 7.83. The van der Waals surface area contributed by atoms with Gasteiger partial charge in [-0.05, 0) is 44.0 Å². The number of carbonyl (C=O) groups excluding carboxylic acids is 1. The topological polar surface area (TPSA) is 141 Å². The van der Waals surface area contributed by atoms with Crippen LogP contribution in [-0.2, 0) is 14.8 Å². The lowest BCUT2D eigenvalue weighted by Crippen LogP contribution is -2.14. The Morgan fingerprint density at radius 1 is 1.33 bits per heavy atom. The normalized spacial score (nSPS) is 11.1. The average molecular weight is 478 g/mol. The van der Waals surface area contributed by atoms with Gasteiger partial charge in [-0.1, -0.05) is 0 Å². The summed E-state index contributed by atoms with van der Waals surface area (Å²) in [5, 5.41) is 14.3. The lowest BCUT2D eigenvalue weighted by atomic mass is 10.2. The zero-order valence-electron chi connectivity index (χ0n) is 12.1. The maximum Gasteiger partial charge on any atom is 0.357 e. The molecule has 0 atom stereocenters. The summed E-state index contributed by atoms with van der Waals surface area (Å²) < 4.78 is 29.7. The highest BCUT2D eigenvalue weighted by Gasteiger charge is 2.25. The van der Waals surface area contributed by atoms with Gasteiger partial charge in [0.15, 0.2) is 5.69 Å². The summed E-state index contributed by atoms with van der Waals surface area (Å²) in [5.41, 5.74) is 6.17. The third kappa shape index (κ3) is 3.18. The van der Waals surface area contributed by atoms with Crippen molar-refractivity contribution in [1.82, 2.24) is 4.57 Å². The van der Waals surface area contributed by atoms with E-state index in [0.29, 0.717) is 14.6 Å². The molecule has 1 heterocycles. The fraction of sp³-hybridized carbons (Fsp3) is 0.0769. The molecule has 0 unspecified atom stereocenters. The summed E-state index contributed by atoms with van der Waals surface area (Å²) in [6.07, 6.45) is 1.35. The van der Waals surface area contributed by atoms with Gasteiger partial charge < -0.3 is 15.0 Å². The molecule has 2 rings (SSSR count). The van der Waals surface area contributed by atoms with Gasteiger partial charge in [0.2, 0.25) is 10.0 Å². The molecule has 0 saturated heterocycles. The molecular formula is C13H10Br2N4O4S. The number of aromatic nitrogens is 1. The molecule has 0 fully saturated rings. The van der Waals surface area contributed by atoms with Gasteiger partial charge in [0, 0.05) is 15.1 Å². The zero-order valence-corrected chi connectivity index (χ0v) is 16.1. The number of hydrogen-bond donors (Lipinski definition) is 2. The van der Waals surface area contributed by atoms with E-state index < -0.39 is 16.0 Å².